The van der Waals surface area contributed by atoms with E-state index in [1.807, 2.05) is 0 Å². The first-order valence-electron chi connectivity index (χ1n) is 10.1. The number of sulfonamides is 1. The van der Waals surface area contributed by atoms with Gasteiger partial charge in [-0.2, -0.15) is 13.2 Å². The normalized spacial score (nSPS) is 12.9. The largest absolute Gasteiger partial charge is 0.480 e. The van der Waals surface area contributed by atoms with Crippen LogP contribution in [0.4, 0.5) is 18.9 Å². The summed E-state index contributed by atoms with van der Waals surface area (Å²) in [5, 5.41) is 15.3. The van der Waals surface area contributed by atoms with Gasteiger partial charge in [0.25, 0.3) is 15.9 Å². The average Bonchev–Trinajstić information content (AvgIpc) is 3.27. The van der Waals surface area contributed by atoms with Crippen molar-refractivity contribution in [1.82, 2.24) is 10.5 Å². The third kappa shape index (κ3) is 6.18. The number of anilines is 1. The Hall–Kier alpha value is -3.87. The number of hydrogen-bond donors (Lipinski definition) is 3. The first kappa shape index (κ1) is 25.7. The zero-order valence-electron chi connectivity index (χ0n) is 18.3. The van der Waals surface area contributed by atoms with Gasteiger partial charge in [0.05, 0.1) is 10.5 Å². The van der Waals surface area contributed by atoms with Crippen LogP contribution in [0.15, 0.2) is 64.0 Å². The average molecular weight is 511 g/mol. The zero-order chi connectivity index (χ0) is 26.0. The minimum atomic E-state index is -4.58. The topological polar surface area (TPSA) is 139 Å². The van der Waals surface area contributed by atoms with E-state index in [1.54, 1.807) is 13.8 Å². The molecule has 3 N–H and O–H groups in total. The van der Waals surface area contributed by atoms with E-state index in [-0.39, 0.29) is 28.0 Å². The number of benzene rings is 2. The quantitative estimate of drug-likeness (QED) is 0.415. The highest BCUT2D eigenvalue weighted by atomic mass is 32.2. The van der Waals surface area contributed by atoms with Crippen molar-refractivity contribution >= 4 is 27.6 Å². The number of nitrogens with one attached hydrogen (secondary N) is 2. The summed E-state index contributed by atoms with van der Waals surface area (Å²) in [5.41, 5.74) is -0.131. The van der Waals surface area contributed by atoms with Crippen molar-refractivity contribution < 1.29 is 40.8 Å². The molecule has 3 rings (SSSR count). The van der Waals surface area contributed by atoms with Crippen LogP contribution in [-0.2, 0) is 21.0 Å². The summed E-state index contributed by atoms with van der Waals surface area (Å²) in [6.45, 7) is 3.27. The fourth-order valence-electron chi connectivity index (χ4n) is 2.99. The molecule has 35 heavy (non-hydrogen) atoms. The van der Waals surface area contributed by atoms with Crippen LogP contribution in [0, 0.1) is 5.92 Å². The number of alkyl halides is 3. The van der Waals surface area contributed by atoms with Crippen molar-refractivity contribution in [2.24, 2.45) is 5.92 Å². The molecule has 1 atom stereocenters. The molecule has 1 aromatic heterocycles. The highest BCUT2D eigenvalue weighted by molar-refractivity contribution is 7.92. The molecule has 0 spiro atoms. The highest BCUT2D eigenvalue weighted by Gasteiger charge is 2.30. The van der Waals surface area contributed by atoms with Crippen LogP contribution in [0.25, 0.3) is 11.3 Å². The van der Waals surface area contributed by atoms with Crippen molar-refractivity contribution in [3.05, 3.63) is 65.9 Å². The maximum atomic E-state index is 12.7. The van der Waals surface area contributed by atoms with Gasteiger partial charge in [0.2, 0.25) is 5.76 Å². The third-order valence-corrected chi connectivity index (χ3v) is 6.28. The van der Waals surface area contributed by atoms with Gasteiger partial charge in [0.15, 0.2) is 0 Å². The van der Waals surface area contributed by atoms with Crippen molar-refractivity contribution in [3.8, 4) is 11.3 Å². The minimum absolute atomic E-state index is 0.136. The molecule has 1 heterocycles. The van der Waals surface area contributed by atoms with E-state index < -0.39 is 39.7 Å². The molecule has 0 fully saturated rings. The number of halogens is 3. The molecule has 0 saturated heterocycles. The molecular formula is C22H20F3N3O6S. The first-order valence-corrected chi connectivity index (χ1v) is 11.6. The van der Waals surface area contributed by atoms with Gasteiger partial charge >= 0.3 is 12.1 Å². The summed E-state index contributed by atoms with van der Waals surface area (Å²) >= 11 is 0. The monoisotopic (exact) mass is 511 g/mol. The summed E-state index contributed by atoms with van der Waals surface area (Å²) in [5.74, 6) is -2.52. The molecule has 0 aliphatic heterocycles. The lowest BCUT2D eigenvalue weighted by molar-refractivity contribution is -0.140. The molecule has 0 radical (unpaired) electrons. The Balaban J connectivity index is 1.71. The molecule has 3 aromatic rings. The molecule has 0 aliphatic carbocycles. The lowest BCUT2D eigenvalue weighted by Crippen LogP contribution is -2.44. The van der Waals surface area contributed by atoms with Gasteiger partial charge in [-0.3, -0.25) is 9.52 Å². The second-order valence-electron chi connectivity index (χ2n) is 7.81. The van der Waals surface area contributed by atoms with Crippen LogP contribution in [0.5, 0.6) is 0 Å². The predicted octanol–water partition coefficient (Wildman–Crippen LogP) is 4.00. The standard InChI is InChI=1S/C22H20F3N3O6S/c1-12(2)19(21(30)31)26-20(29)18-11-17(27-34-18)13-3-7-15(8-4-13)28-35(32,33)16-9-5-14(6-10-16)22(23,24)25/h3-12,19,28H,1-2H3,(H,26,29)(H,30,31). The first-order chi connectivity index (χ1) is 16.3. The zero-order valence-corrected chi connectivity index (χ0v) is 19.1. The molecular weight excluding hydrogens is 491 g/mol. The van der Waals surface area contributed by atoms with Crippen LogP contribution in [-0.4, -0.2) is 36.6 Å². The van der Waals surface area contributed by atoms with Gasteiger partial charge < -0.3 is 14.9 Å². The Labute approximate surface area is 198 Å². The number of aromatic nitrogens is 1. The maximum absolute atomic E-state index is 12.7. The van der Waals surface area contributed by atoms with E-state index in [9.17, 15) is 36.3 Å². The fourth-order valence-corrected chi connectivity index (χ4v) is 4.05. The van der Waals surface area contributed by atoms with Crippen molar-refractivity contribution in [2.45, 2.75) is 31.0 Å². The molecule has 0 saturated carbocycles. The number of nitrogens with zero attached hydrogens (tertiary/aromatic N) is 1. The Morgan fingerprint density at radius 3 is 2.14 bits per heavy atom. The highest BCUT2D eigenvalue weighted by Crippen LogP contribution is 2.30. The number of carboxylic acids is 1. The van der Waals surface area contributed by atoms with Crippen molar-refractivity contribution in [1.29, 1.82) is 0 Å². The van der Waals surface area contributed by atoms with E-state index >= 15 is 0 Å². The second kappa shape index (κ2) is 9.78. The number of carbonyl (C=O) groups is 2. The number of hydrogen-bond acceptors (Lipinski definition) is 6. The third-order valence-electron chi connectivity index (χ3n) is 4.88. The van der Waals surface area contributed by atoms with Gasteiger partial charge in [0, 0.05) is 17.3 Å². The fraction of sp³-hybridized carbons (Fsp3) is 0.227. The van der Waals surface area contributed by atoms with Gasteiger partial charge in [-0.05, 0) is 42.3 Å². The number of carboxylic acid groups (broad SMARTS) is 1. The van der Waals surface area contributed by atoms with E-state index in [1.165, 1.54) is 30.3 Å². The van der Waals surface area contributed by atoms with Crippen LogP contribution in [0.1, 0.15) is 30.0 Å². The van der Waals surface area contributed by atoms with Gasteiger partial charge in [-0.15, -0.1) is 0 Å². The summed E-state index contributed by atoms with van der Waals surface area (Å²) in [6, 6.07) is 9.01. The summed E-state index contributed by atoms with van der Waals surface area (Å²) in [4.78, 5) is 23.2. The Morgan fingerprint density at radius 1 is 1.03 bits per heavy atom. The Kier molecular flexibility index (Phi) is 7.19. The van der Waals surface area contributed by atoms with E-state index in [0.717, 1.165) is 12.1 Å². The smallest absolute Gasteiger partial charge is 0.416 e. The SMILES string of the molecule is CC(C)C(NC(=O)c1cc(-c2ccc(NS(=O)(=O)c3ccc(C(F)(F)F)cc3)cc2)no1)C(=O)O. The molecule has 0 aliphatic rings. The van der Waals surface area contributed by atoms with Crippen LogP contribution in [0.3, 0.4) is 0 Å². The molecule has 13 heteroatoms. The maximum Gasteiger partial charge on any atom is 0.416 e. The number of aliphatic carboxylic acids is 1. The van der Waals surface area contributed by atoms with Crippen molar-refractivity contribution in [2.75, 3.05) is 4.72 Å². The van der Waals surface area contributed by atoms with E-state index in [4.69, 9.17) is 4.52 Å². The number of rotatable bonds is 8. The number of amides is 1. The Morgan fingerprint density at radius 2 is 1.63 bits per heavy atom. The predicted molar refractivity (Wildman–Crippen MR) is 118 cm³/mol. The summed E-state index contributed by atoms with van der Waals surface area (Å²) in [7, 11) is -4.14. The molecule has 1 amide bonds. The summed E-state index contributed by atoms with van der Waals surface area (Å²) < 4.78 is 70.3. The van der Waals surface area contributed by atoms with E-state index in [0.29, 0.717) is 17.7 Å². The summed E-state index contributed by atoms with van der Waals surface area (Å²) in [6.07, 6.45) is -4.58. The van der Waals surface area contributed by atoms with Gasteiger partial charge in [-0.1, -0.05) is 31.1 Å². The lowest BCUT2D eigenvalue weighted by Gasteiger charge is -2.16. The lowest BCUT2D eigenvalue weighted by atomic mass is 10.0. The Bertz CT molecular complexity index is 1320. The van der Waals surface area contributed by atoms with E-state index in [2.05, 4.69) is 15.2 Å². The molecule has 1 unspecified atom stereocenters. The molecule has 0 bridgehead atoms. The van der Waals surface area contributed by atoms with Crippen LogP contribution >= 0.6 is 0 Å². The van der Waals surface area contributed by atoms with Gasteiger partial charge in [0.1, 0.15) is 11.7 Å². The molecule has 2 aromatic carbocycles. The number of carbonyl (C=O) groups excluding carboxylic acids is 1. The van der Waals surface area contributed by atoms with Crippen LogP contribution in [0.2, 0.25) is 0 Å². The molecule has 186 valence electrons. The minimum Gasteiger partial charge on any atom is -0.480 e. The van der Waals surface area contributed by atoms with Crippen molar-refractivity contribution in [3.63, 3.8) is 0 Å². The van der Waals surface area contributed by atoms with Gasteiger partial charge in [-0.25, -0.2) is 13.2 Å². The molecule has 9 nitrogen and oxygen atoms in total. The second-order valence-corrected chi connectivity index (χ2v) is 9.50. The van der Waals surface area contributed by atoms with Crippen LogP contribution < -0.4 is 10.0 Å².